The molecule has 0 saturated heterocycles. The van der Waals surface area contributed by atoms with E-state index < -0.39 is 5.41 Å². The Labute approximate surface area is 324 Å². The standard InChI is InChI=1S/C50H39N3.CH5N/c51-53(42-23-11-4-12-24-42)49(36-17-5-1-6-18-36)37-29-32-41(33-30-37)52-48-28-16-14-26-45(48)43-34-31-40-35-46(43)44-25-13-15-27-47(44)50(40,38-19-7-2-8-20-38)39-21-9-3-10-22-39;1-2/h1-35,49,52H,51H2;2H2,1H3. The Morgan fingerprint density at radius 2 is 0.945 bits per heavy atom. The molecule has 1 atom stereocenters. The summed E-state index contributed by atoms with van der Waals surface area (Å²) in [6, 6.07) is 75.6. The molecule has 8 aromatic rings. The quantitative estimate of drug-likeness (QED) is 0.103. The minimum absolute atomic E-state index is 0.148. The number of anilines is 3. The van der Waals surface area contributed by atoms with E-state index in [1.165, 1.54) is 46.0 Å². The molecule has 55 heavy (non-hydrogen) atoms. The van der Waals surface area contributed by atoms with Gasteiger partial charge in [0.1, 0.15) is 0 Å². The number of benzene rings is 8. The van der Waals surface area contributed by atoms with Crippen LogP contribution in [0, 0.1) is 0 Å². The maximum absolute atomic E-state index is 6.83. The van der Waals surface area contributed by atoms with Gasteiger partial charge in [-0.2, -0.15) is 0 Å². The summed E-state index contributed by atoms with van der Waals surface area (Å²) < 4.78 is 0. The van der Waals surface area contributed by atoms with Gasteiger partial charge in [-0.1, -0.05) is 176 Å². The average molecular weight is 713 g/mol. The predicted octanol–water partition coefficient (Wildman–Crippen LogP) is 11.5. The van der Waals surface area contributed by atoms with Gasteiger partial charge in [0.05, 0.1) is 17.1 Å². The van der Waals surface area contributed by atoms with Gasteiger partial charge in [-0.3, -0.25) is 5.01 Å². The molecule has 0 spiro atoms. The largest absolute Gasteiger partial charge is 0.355 e. The molecule has 0 amide bonds. The van der Waals surface area contributed by atoms with Crippen molar-refractivity contribution >= 4 is 17.1 Å². The Morgan fingerprint density at radius 3 is 1.58 bits per heavy atom. The van der Waals surface area contributed by atoms with Crippen molar-refractivity contribution in [3.05, 3.63) is 246 Å². The van der Waals surface area contributed by atoms with Crippen LogP contribution in [-0.4, -0.2) is 7.05 Å². The highest BCUT2D eigenvalue weighted by atomic mass is 15.4. The monoisotopic (exact) mass is 712 g/mol. The molecule has 4 heteroatoms. The van der Waals surface area contributed by atoms with Crippen LogP contribution in [0.1, 0.15) is 39.4 Å². The maximum atomic E-state index is 6.83. The van der Waals surface area contributed by atoms with Crippen molar-refractivity contribution in [3.8, 4) is 22.3 Å². The molecule has 0 heterocycles. The number of rotatable bonds is 9. The summed E-state index contributed by atoms with van der Waals surface area (Å²) in [4.78, 5) is 0. The normalized spacial score (nSPS) is 12.7. The predicted molar refractivity (Wildman–Crippen MR) is 230 cm³/mol. The number of fused-ring (bicyclic) bond motifs is 4. The lowest BCUT2D eigenvalue weighted by atomic mass is 9.60. The SMILES string of the molecule is CN.NN(c1ccccc1)C(c1ccccc1)c1ccc(Nc2ccccc2-c2ccc3cc2-c2ccccc2C3(c2ccccc2)c2ccccc2)cc1. The minimum atomic E-state index is -0.429. The average Bonchev–Trinajstić information content (AvgIpc) is 3.27. The van der Waals surface area contributed by atoms with Gasteiger partial charge >= 0.3 is 0 Å². The highest BCUT2D eigenvalue weighted by molar-refractivity contribution is 5.94. The Morgan fingerprint density at radius 1 is 0.436 bits per heavy atom. The summed E-state index contributed by atoms with van der Waals surface area (Å²) >= 11 is 0. The van der Waals surface area contributed by atoms with Crippen LogP contribution in [-0.2, 0) is 5.41 Å². The Bertz CT molecular complexity index is 2440. The topological polar surface area (TPSA) is 67.3 Å². The van der Waals surface area contributed by atoms with Crippen molar-refractivity contribution in [1.82, 2.24) is 0 Å². The highest BCUT2D eigenvalue weighted by Crippen LogP contribution is 2.54. The van der Waals surface area contributed by atoms with Crippen LogP contribution in [0.25, 0.3) is 22.3 Å². The summed E-state index contributed by atoms with van der Waals surface area (Å²) in [5, 5.41) is 5.62. The second-order valence-electron chi connectivity index (χ2n) is 13.6. The smallest absolute Gasteiger partial charge is 0.0952 e. The Kier molecular flexibility index (Phi) is 10.1. The second-order valence-corrected chi connectivity index (χ2v) is 13.6. The molecule has 2 bridgehead atoms. The lowest BCUT2D eigenvalue weighted by Crippen LogP contribution is -2.36. The van der Waals surface area contributed by atoms with E-state index in [4.69, 9.17) is 5.84 Å². The Hall–Kier alpha value is -6.72. The van der Waals surface area contributed by atoms with Crippen LogP contribution in [0.3, 0.4) is 0 Å². The molecule has 1 unspecified atom stereocenters. The van der Waals surface area contributed by atoms with E-state index in [-0.39, 0.29) is 6.04 Å². The van der Waals surface area contributed by atoms with Crippen molar-refractivity contribution < 1.29 is 0 Å². The van der Waals surface area contributed by atoms with Gasteiger partial charge in [0.25, 0.3) is 0 Å². The molecule has 0 aromatic heterocycles. The van der Waals surface area contributed by atoms with Crippen molar-refractivity contribution in [3.63, 3.8) is 0 Å². The number of nitrogens with one attached hydrogen (secondary N) is 1. The third-order valence-corrected chi connectivity index (χ3v) is 10.7. The molecular weight excluding hydrogens is 669 g/mol. The van der Waals surface area contributed by atoms with Gasteiger partial charge in [0.2, 0.25) is 0 Å². The zero-order valence-electron chi connectivity index (χ0n) is 30.9. The highest BCUT2D eigenvalue weighted by Gasteiger charge is 2.43. The molecule has 1 aliphatic carbocycles. The number of para-hydroxylation sites is 2. The van der Waals surface area contributed by atoms with Gasteiger partial charge < -0.3 is 11.1 Å². The summed E-state index contributed by atoms with van der Waals surface area (Å²) in [6.45, 7) is 0. The Balaban J connectivity index is 0.00000210. The summed E-state index contributed by atoms with van der Waals surface area (Å²) in [5.74, 6) is 6.83. The van der Waals surface area contributed by atoms with E-state index in [1.54, 1.807) is 0 Å². The van der Waals surface area contributed by atoms with Crippen LogP contribution in [0.5, 0.6) is 0 Å². The molecule has 268 valence electrons. The first-order chi connectivity index (χ1) is 27.2. The lowest BCUT2D eigenvalue weighted by molar-refractivity contribution is 0.735. The van der Waals surface area contributed by atoms with Crippen LogP contribution < -0.4 is 21.9 Å². The number of hydrogen-bond donors (Lipinski definition) is 3. The lowest BCUT2D eigenvalue weighted by Gasteiger charge is -2.41. The molecule has 5 N–H and O–H groups in total. The van der Waals surface area contributed by atoms with Crippen molar-refractivity contribution in [2.24, 2.45) is 11.6 Å². The van der Waals surface area contributed by atoms with Crippen molar-refractivity contribution in [2.45, 2.75) is 11.5 Å². The summed E-state index contributed by atoms with van der Waals surface area (Å²) in [7, 11) is 1.50. The van der Waals surface area contributed by atoms with Gasteiger partial charge in [0, 0.05) is 16.9 Å². The van der Waals surface area contributed by atoms with Crippen LogP contribution in [0.2, 0.25) is 0 Å². The fraction of sp³-hybridized carbons (Fsp3) is 0.0588. The maximum Gasteiger partial charge on any atom is 0.0952 e. The van der Waals surface area contributed by atoms with E-state index in [0.717, 1.165) is 33.8 Å². The molecule has 0 saturated carbocycles. The fourth-order valence-corrected chi connectivity index (χ4v) is 8.25. The third kappa shape index (κ3) is 6.48. The van der Waals surface area contributed by atoms with E-state index in [9.17, 15) is 0 Å². The first-order valence-electron chi connectivity index (χ1n) is 18.8. The molecule has 1 aliphatic rings. The van der Waals surface area contributed by atoms with Gasteiger partial charge in [-0.25, -0.2) is 5.84 Å². The molecular formula is C51H44N4. The van der Waals surface area contributed by atoms with Gasteiger partial charge in [0.15, 0.2) is 0 Å². The number of hydrogen-bond acceptors (Lipinski definition) is 4. The summed E-state index contributed by atoms with van der Waals surface area (Å²) in [5.41, 5.74) is 19.3. The van der Waals surface area contributed by atoms with E-state index in [0.29, 0.717) is 0 Å². The minimum Gasteiger partial charge on any atom is -0.355 e. The first kappa shape index (κ1) is 35.3. The fourth-order valence-electron chi connectivity index (χ4n) is 8.25. The van der Waals surface area contributed by atoms with E-state index >= 15 is 0 Å². The number of nitrogens with two attached hydrogens (primary N) is 2. The van der Waals surface area contributed by atoms with Crippen molar-refractivity contribution in [1.29, 1.82) is 0 Å². The molecule has 8 aromatic carbocycles. The third-order valence-electron chi connectivity index (χ3n) is 10.7. The van der Waals surface area contributed by atoms with Crippen LogP contribution in [0.15, 0.2) is 212 Å². The van der Waals surface area contributed by atoms with Crippen LogP contribution >= 0.6 is 0 Å². The van der Waals surface area contributed by atoms with Crippen LogP contribution in [0.4, 0.5) is 17.1 Å². The second kappa shape index (κ2) is 15.7. The van der Waals surface area contributed by atoms with Gasteiger partial charge in [-0.05, 0) is 93.5 Å². The number of hydrazine groups is 1. The van der Waals surface area contributed by atoms with Gasteiger partial charge in [-0.15, -0.1) is 0 Å². The number of nitrogens with zero attached hydrogens (tertiary/aromatic N) is 1. The van der Waals surface area contributed by atoms with Crippen molar-refractivity contribution in [2.75, 3.05) is 17.4 Å². The molecule has 4 nitrogen and oxygen atoms in total. The van der Waals surface area contributed by atoms with E-state index in [1.807, 2.05) is 41.4 Å². The first-order valence-corrected chi connectivity index (χ1v) is 18.8. The molecule has 9 rings (SSSR count). The molecule has 0 radical (unpaired) electrons. The molecule has 0 aliphatic heterocycles. The zero-order chi connectivity index (χ0) is 37.6. The molecule has 0 fully saturated rings. The summed E-state index contributed by atoms with van der Waals surface area (Å²) in [6.07, 6.45) is 0. The zero-order valence-corrected chi connectivity index (χ0v) is 30.9. The van der Waals surface area contributed by atoms with E-state index in [2.05, 4.69) is 187 Å².